The van der Waals surface area contributed by atoms with Gasteiger partial charge in [-0.05, 0) is 30.7 Å². The third-order valence-electron chi connectivity index (χ3n) is 4.05. The van der Waals surface area contributed by atoms with Gasteiger partial charge in [-0.25, -0.2) is 4.79 Å². The average Bonchev–Trinajstić information content (AvgIpc) is 3.00. The molecule has 1 aromatic carbocycles. The maximum absolute atomic E-state index is 12.7. The molecule has 0 fully saturated rings. The molecule has 5 heteroatoms. The molecular formula is C21H20N2O3. The van der Waals surface area contributed by atoms with Gasteiger partial charge in [-0.2, -0.15) is 5.26 Å². The van der Waals surface area contributed by atoms with E-state index in [0.29, 0.717) is 11.3 Å². The maximum Gasteiger partial charge on any atom is 0.341 e. The predicted molar refractivity (Wildman–Crippen MR) is 100 cm³/mol. The lowest BCUT2D eigenvalue weighted by Gasteiger charge is -2.03. The van der Waals surface area contributed by atoms with Crippen molar-refractivity contribution in [2.24, 2.45) is 0 Å². The summed E-state index contributed by atoms with van der Waals surface area (Å²) in [5.74, 6) is 0.236. The molecule has 3 rings (SSSR count). The van der Waals surface area contributed by atoms with Gasteiger partial charge < -0.3 is 13.9 Å². The summed E-state index contributed by atoms with van der Waals surface area (Å²) in [6.07, 6.45) is 7.82. The molecule has 0 aliphatic heterocycles. The summed E-state index contributed by atoms with van der Waals surface area (Å²) in [5, 5.41) is 9.47. The van der Waals surface area contributed by atoms with Crippen LogP contribution in [0.15, 0.2) is 54.7 Å². The topological polar surface area (TPSA) is 63.7 Å². The van der Waals surface area contributed by atoms with Crippen LogP contribution in [0.25, 0.3) is 16.4 Å². The zero-order chi connectivity index (χ0) is 18.4. The third-order valence-corrected chi connectivity index (χ3v) is 4.05. The van der Waals surface area contributed by atoms with Gasteiger partial charge in [0.1, 0.15) is 18.4 Å². The van der Waals surface area contributed by atoms with Crippen LogP contribution < -0.4 is 4.74 Å². The first-order valence-corrected chi connectivity index (χ1v) is 8.61. The normalized spacial score (nSPS) is 11.1. The molecule has 0 aliphatic carbocycles. The number of benzene rings is 1. The molecule has 26 heavy (non-hydrogen) atoms. The van der Waals surface area contributed by atoms with Crippen LogP contribution in [0, 0.1) is 11.3 Å². The first-order chi connectivity index (χ1) is 12.8. The van der Waals surface area contributed by atoms with Crippen molar-refractivity contribution in [2.75, 3.05) is 13.2 Å². The molecule has 0 amide bonds. The van der Waals surface area contributed by atoms with E-state index < -0.39 is 0 Å². The smallest absolute Gasteiger partial charge is 0.341 e. The second-order valence-corrected chi connectivity index (χ2v) is 5.82. The lowest BCUT2D eigenvalue weighted by Crippen LogP contribution is -2.05. The molecule has 0 bridgehead atoms. The number of allylic oxidation sites excluding steroid dienone is 1. The first kappa shape index (κ1) is 17.6. The highest BCUT2D eigenvalue weighted by atomic mass is 16.5. The fraction of sp³-hybridized carbons (Fsp3) is 0.238. The Morgan fingerprint density at radius 3 is 2.92 bits per heavy atom. The number of ether oxygens (including phenoxy) is 2. The zero-order valence-electron chi connectivity index (χ0n) is 14.6. The number of hydrogen-bond donors (Lipinski definition) is 0. The van der Waals surface area contributed by atoms with Gasteiger partial charge in [0, 0.05) is 17.6 Å². The van der Waals surface area contributed by atoms with Gasteiger partial charge in [0.25, 0.3) is 0 Å². The predicted octanol–water partition coefficient (Wildman–Crippen LogP) is 4.51. The van der Waals surface area contributed by atoms with E-state index in [1.807, 2.05) is 59.2 Å². The number of carbonyl (C=O) groups is 1. The second-order valence-electron chi connectivity index (χ2n) is 5.82. The SMILES string of the molecule is CCC/C=C/COC(=O)c1c2ccc(OCC#N)cc2n2ccccc12. The molecule has 0 atom stereocenters. The van der Waals surface area contributed by atoms with E-state index in [1.54, 1.807) is 6.07 Å². The Hall–Kier alpha value is -3.26. The van der Waals surface area contributed by atoms with Gasteiger partial charge >= 0.3 is 5.97 Å². The Labute approximate surface area is 152 Å². The Morgan fingerprint density at radius 1 is 1.23 bits per heavy atom. The Bertz CT molecular complexity index is 996. The molecular weight excluding hydrogens is 328 g/mol. The van der Waals surface area contributed by atoms with Crippen molar-refractivity contribution in [3.8, 4) is 11.8 Å². The number of aromatic nitrogens is 1. The van der Waals surface area contributed by atoms with E-state index >= 15 is 0 Å². The van der Waals surface area contributed by atoms with Crippen molar-refractivity contribution in [1.29, 1.82) is 5.26 Å². The van der Waals surface area contributed by atoms with Crippen LogP contribution in [0.2, 0.25) is 0 Å². The number of esters is 1. The number of nitriles is 1. The van der Waals surface area contributed by atoms with E-state index in [4.69, 9.17) is 14.7 Å². The van der Waals surface area contributed by atoms with E-state index in [0.717, 1.165) is 29.3 Å². The Morgan fingerprint density at radius 2 is 2.12 bits per heavy atom. The molecule has 2 aromatic heterocycles. The van der Waals surface area contributed by atoms with Crippen molar-refractivity contribution in [3.63, 3.8) is 0 Å². The number of unbranched alkanes of at least 4 members (excludes halogenated alkanes) is 1. The number of carbonyl (C=O) groups excluding carboxylic acids is 1. The van der Waals surface area contributed by atoms with Gasteiger partial charge in [0.05, 0.1) is 16.6 Å². The number of hydrogen-bond acceptors (Lipinski definition) is 4. The molecule has 0 N–H and O–H groups in total. The lowest BCUT2D eigenvalue weighted by molar-refractivity contribution is 0.0554. The van der Waals surface area contributed by atoms with E-state index in [1.165, 1.54) is 0 Å². The quantitative estimate of drug-likeness (QED) is 0.465. The van der Waals surface area contributed by atoms with Crippen LogP contribution in [0.4, 0.5) is 0 Å². The molecule has 0 saturated carbocycles. The molecule has 0 spiro atoms. The van der Waals surface area contributed by atoms with Gasteiger partial charge in [-0.15, -0.1) is 0 Å². The van der Waals surface area contributed by atoms with Gasteiger partial charge in [0.15, 0.2) is 6.61 Å². The minimum atomic E-state index is -0.351. The number of rotatable bonds is 7. The summed E-state index contributed by atoms with van der Waals surface area (Å²) in [7, 11) is 0. The molecule has 0 aliphatic rings. The summed E-state index contributed by atoms with van der Waals surface area (Å²) in [6.45, 7) is 2.34. The first-order valence-electron chi connectivity index (χ1n) is 8.61. The van der Waals surface area contributed by atoms with Gasteiger partial charge in [0.2, 0.25) is 0 Å². The fourth-order valence-corrected chi connectivity index (χ4v) is 2.89. The molecule has 3 aromatic rings. The zero-order valence-corrected chi connectivity index (χ0v) is 14.6. The standard InChI is InChI=1S/C21H20N2O3/c1-2-3-4-7-13-26-21(24)20-17-10-9-16(25-14-11-22)15-19(17)23-12-6-5-8-18(20)23/h4-10,12,15H,2-3,13-14H2,1H3/b7-4+. The van der Waals surface area contributed by atoms with E-state index in [2.05, 4.69) is 6.92 Å². The highest BCUT2D eigenvalue weighted by molar-refractivity contribution is 6.11. The minimum Gasteiger partial charge on any atom is -0.479 e. The monoisotopic (exact) mass is 348 g/mol. The highest BCUT2D eigenvalue weighted by Gasteiger charge is 2.19. The van der Waals surface area contributed by atoms with Crippen LogP contribution in [0.1, 0.15) is 30.1 Å². The van der Waals surface area contributed by atoms with Gasteiger partial charge in [-0.1, -0.05) is 31.6 Å². The van der Waals surface area contributed by atoms with Crippen LogP contribution in [0.5, 0.6) is 5.75 Å². The summed E-state index contributed by atoms with van der Waals surface area (Å²) in [6, 6.07) is 13.1. The molecule has 0 unspecified atom stereocenters. The van der Waals surface area contributed by atoms with Crippen LogP contribution in [-0.2, 0) is 4.74 Å². The molecule has 0 radical (unpaired) electrons. The van der Waals surface area contributed by atoms with E-state index in [9.17, 15) is 4.79 Å². The number of pyridine rings is 1. The Balaban J connectivity index is 1.98. The second kappa shape index (κ2) is 8.21. The van der Waals surface area contributed by atoms with E-state index in [-0.39, 0.29) is 19.2 Å². The van der Waals surface area contributed by atoms with Crippen molar-refractivity contribution in [1.82, 2.24) is 4.40 Å². The van der Waals surface area contributed by atoms with Crippen molar-refractivity contribution in [2.45, 2.75) is 19.8 Å². The van der Waals surface area contributed by atoms with Crippen molar-refractivity contribution < 1.29 is 14.3 Å². The summed E-state index contributed by atoms with van der Waals surface area (Å²) in [5.41, 5.74) is 2.16. The highest BCUT2D eigenvalue weighted by Crippen LogP contribution is 2.30. The van der Waals surface area contributed by atoms with Crippen molar-refractivity contribution in [3.05, 3.63) is 60.3 Å². The number of nitrogens with zero attached hydrogens (tertiary/aromatic N) is 2. The van der Waals surface area contributed by atoms with Crippen molar-refractivity contribution >= 4 is 22.4 Å². The lowest BCUT2D eigenvalue weighted by atomic mass is 10.1. The van der Waals surface area contributed by atoms with Crippen LogP contribution in [-0.4, -0.2) is 23.6 Å². The Kier molecular flexibility index (Phi) is 5.55. The number of fused-ring (bicyclic) bond motifs is 3. The summed E-state index contributed by atoms with van der Waals surface area (Å²) >= 11 is 0. The van der Waals surface area contributed by atoms with Crippen LogP contribution >= 0.6 is 0 Å². The van der Waals surface area contributed by atoms with Gasteiger partial charge in [-0.3, -0.25) is 0 Å². The molecule has 132 valence electrons. The third kappa shape index (κ3) is 3.55. The molecule has 0 saturated heterocycles. The van der Waals surface area contributed by atoms with Crippen LogP contribution in [0.3, 0.4) is 0 Å². The fourth-order valence-electron chi connectivity index (χ4n) is 2.89. The minimum absolute atomic E-state index is 0.0200. The molecule has 2 heterocycles. The summed E-state index contributed by atoms with van der Waals surface area (Å²) in [4.78, 5) is 12.7. The molecule has 5 nitrogen and oxygen atoms in total. The largest absolute Gasteiger partial charge is 0.479 e. The summed E-state index contributed by atoms with van der Waals surface area (Å²) < 4.78 is 12.7. The maximum atomic E-state index is 12.7. The average molecular weight is 348 g/mol.